The van der Waals surface area contributed by atoms with E-state index in [1.165, 1.54) is 45.1 Å². The van der Waals surface area contributed by atoms with E-state index in [2.05, 4.69) is 18.7 Å². The summed E-state index contributed by atoms with van der Waals surface area (Å²) in [6, 6.07) is 1.54. The van der Waals surface area contributed by atoms with Gasteiger partial charge in [0.05, 0.1) is 0 Å². The maximum atomic E-state index is 6.05. The number of hydrogen-bond acceptors (Lipinski definition) is 2. The minimum absolute atomic E-state index is 0.667. The lowest BCUT2D eigenvalue weighted by Gasteiger charge is -2.39. The van der Waals surface area contributed by atoms with Gasteiger partial charge < -0.3 is 5.73 Å². The highest BCUT2D eigenvalue weighted by Crippen LogP contribution is 2.36. The Morgan fingerprint density at radius 2 is 2.00 bits per heavy atom. The molecule has 0 bridgehead atoms. The third-order valence-corrected chi connectivity index (χ3v) is 4.57. The molecule has 0 radical (unpaired) electrons. The van der Waals surface area contributed by atoms with Crippen molar-refractivity contribution in [3.63, 3.8) is 0 Å². The maximum absolute atomic E-state index is 6.05. The molecule has 0 aromatic rings. The first-order valence-corrected chi connectivity index (χ1v) is 7.22. The second kappa shape index (κ2) is 5.50. The largest absolute Gasteiger partial charge is 0.329 e. The molecule has 94 valence electrons. The van der Waals surface area contributed by atoms with Crippen LogP contribution in [0.25, 0.3) is 0 Å². The van der Waals surface area contributed by atoms with Crippen LogP contribution in [0.15, 0.2) is 0 Å². The quantitative estimate of drug-likeness (QED) is 0.778. The van der Waals surface area contributed by atoms with E-state index in [4.69, 9.17) is 5.73 Å². The van der Waals surface area contributed by atoms with E-state index >= 15 is 0 Å². The molecule has 0 aromatic carbocycles. The lowest BCUT2D eigenvalue weighted by Crippen LogP contribution is -2.47. The molecule has 3 unspecified atom stereocenters. The fourth-order valence-electron chi connectivity index (χ4n) is 3.60. The summed E-state index contributed by atoms with van der Waals surface area (Å²) in [5, 5.41) is 0. The molecule has 2 fully saturated rings. The highest BCUT2D eigenvalue weighted by Gasteiger charge is 2.36. The van der Waals surface area contributed by atoms with Gasteiger partial charge in [-0.3, -0.25) is 4.90 Å². The van der Waals surface area contributed by atoms with E-state index in [0.717, 1.165) is 24.4 Å². The van der Waals surface area contributed by atoms with E-state index in [1.807, 2.05) is 0 Å². The molecule has 0 saturated heterocycles. The molecule has 0 aliphatic heterocycles. The van der Waals surface area contributed by atoms with Crippen LogP contribution in [0.5, 0.6) is 0 Å². The zero-order valence-corrected chi connectivity index (χ0v) is 11.0. The van der Waals surface area contributed by atoms with Crippen LogP contribution in [0.4, 0.5) is 0 Å². The number of nitrogens with zero attached hydrogens (tertiary/aromatic N) is 1. The molecule has 0 heterocycles. The van der Waals surface area contributed by atoms with Gasteiger partial charge in [0.1, 0.15) is 0 Å². The van der Waals surface area contributed by atoms with Gasteiger partial charge in [-0.05, 0) is 44.1 Å². The summed E-state index contributed by atoms with van der Waals surface area (Å²) in [5.41, 5.74) is 6.05. The standard InChI is InChI=1S/C14H28N2/c1-3-16(13-7-8-13)14(10-15)12-6-4-5-11(2)9-12/h11-14H,3-10,15H2,1-2H3. The predicted octanol–water partition coefficient (Wildman–Crippen LogP) is 2.62. The van der Waals surface area contributed by atoms with Crippen molar-refractivity contribution in [1.82, 2.24) is 4.90 Å². The second-order valence-corrected chi connectivity index (χ2v) is 5.90. The van der Waals surface area contributed by atoms with E-state index < -0.39 is 0 Å². The highest BCUT2D eigenvalue weighted by atomic mass is 15.2. The summed E-state index contributed by atoms with van der Waals surface area (Å²) in [7, 11) is 0. The van der Waals surface area contributed by atoms with E-state index in [-0.39, 0.29) is 0 Å². The molecule has 0 aromatic heterocycles. The van der Waals surface area contributed by atoms with E-state index in [0.29, 0.717) is 6.04 Å². The Morgan fingerprint density at radius 3 is 2.50 bits per heavy atom. The molecule has 2 nitrogen and oxygen atoms in total. The van der Waals surface area contributed by atoms with Crippen LogP contribution in [-0.4, -0.2) is 30.1 Å². The van der Waals surface area contributed by atoms with Crippen molar-refractivity contribution in [3.05, 3.63) is 0 Å². The summed E-state index contributed by atoms with van der Waals surface area (Å²) < 4.78 is 0. The van der Waals surface area contributed by atoms with Gasteiger partial charge in [-0.2, -0.15) is 0 Å². The van der Waals surface area contributed by atoms with Gasteiger partial charge in [0.15, 0.2) is 0 Å². The zero-order chi connectivity index (χ0) is 11.5. The fourth-order valence-corrected chi connectivity index (χ4v) is 3.60. The highest BCUT2D eigenvalue weighted by molar-refractivity contribution is 4.92. The molecule has 2 N–H and O–H groups in total. The normalized spacial score (nSPS) is 33.0. The van der Waals surface area contributed by atoms with Crippen molar-refractivity contribution < 1.29 is 0 Å². The van der Waals surface area contributed by atoms with Crippen LogP contribution in [0.2, 0.25) is 0 Å². The minimum atomic E-state index is 0.667. The molecule has 0 amide bonds. The number of hydrogen-bond donors (Lipinski definition) is 1. The second-order valence-electron chi connectivity index (χ2n) is 5.90. The molecule has 2 saturated carbocycles. The summed E-state index contributed by atoms with van der Waals surface area (Å²) >= 11 is 0. The van der Waals surface area contributed by atoms with Gasteiger partial charge in [0.2, 0.25) is 0 Å². The predicted molar refractivity (Wildman–Crippen MR) is 69.4 cm³/mol. The zero-order valence-electron chi connectivity index (χ0n) is 11.0. The lowest BCUT2D eigenvalue weighted by molar-refractivity contribution is 0.106. The van der Waals surface area contributed by atoms with Gasteiger partial charge in [-0.15, -0.1) is 0 Å². The van der Waals surface area contributed by atoms with Crippen LogP contribution in [0.1, 0.15) is 52.4 Å². The minimum Gasteiger partial charge on any atom is -0.329 e. The molecule has 16 heavy (non-hydrogen) atoms. The molecular formula is C14H28N2. The van der Waals surface area contributed by atoms with Gasteiger partial charge in [0.25, 0.3) is 0 Å². The Balaban J connectivity index is 1.96. The Labute approximate surface area is 101 Å². The summed E-state index contributed by atoms with van der Waals surface area (Å²) in [6.07, 6.45) is 8.49. The van der Waals surface area contributed by atoms with Crippen molar-refractivity contribution in [2.75, 3.05) is 13.1 Å². The fraction of sp³-hybridized carbons (Fsp3) is 1.00. The van der Waals surface area contributed by atoms with Crippen LogP contribution in [0.3, 0.4) is 0 Å². The monoisotopic (exact) mass is 224 g/mol. The van der Waals surface area contributed by atoms with Gasteiger partial charge in [-0.1, -0.05) is 26.7 Å². The molecular weight excluding hydrogens is 196 g/mol. The molecule has 2 rings (SSSR count). The molecule has 2 aliphatic carbocycles. The molecule has 3 atom stereocenters. The van der Waals surface area contributed by atoms with Crippen molar-refractivity contribution in [3.8, 4) is 0 Å². The van der Waals surface area contributed by atoms with Crippen molar-refractivity contribution in [2.24, 2.45) is 17.6 Å². The summed E-state index contributed by atoms with van der Waals surface area (Å²) in [6.45, 7) is 6.76. The Hall–Kier alpha value is -0.0800. The lowest BCUT2D eigenvalue weighted by atomic mass is 9.78. The third kappa shape index (κ3) is 2.78. The van der Waals surface area contributed by atoms with Gasteiger partial charge >= 0.3 is 0 Å². The molecule has 2 heteroatoms. The topological polar surface area (TPSA) is 29.3 Å². The first-order chi connectivity index (χ1) is 7.76. The number of likely N-dealkylation sites (N-methyl/N-ethyl adjacent to an activating group) is 1. The van der Waals surface area contributed by atoms with Crippen molar-refractivity contribution in [2.45, 2.75) is 64.5 Å². The SMILES string of the molecule is CCN(C1CC1)C(CN)C1CCCC(C)C1. The Kier molecular flexibility index (Phi) is 4.26. The van der Waals surface area contributed by atoms with Gasteiger partial charge in [0, 0.05) is 18.6 Å². The average Bonchev–Trinajstić information content (AvgIpc) is 3.09. The average molecular weight is 224 g/mol. The van der Waals surface area contributed by atoms with Gasteiger partial charge in [-0.25, -0.2) is 0 Å². The Morgan fingerprint density at radius 1 is 1.25 bits per heavy atom. The third-order valence-electron chi connectivity index (χ3n) is 4.57. The smallest absolute Gasteiger partial charge is 0.0249 e. The maximum Gasteiger partial charge on any atom is 0.0249 e. The first-order valence-electron chi connectivity index (χ1n) is 7.22. The van der Waals surface area contributed by atoms with Crippen LogP contribution < -0.4 is 5.73 Å². The number of rotatable bonds is 5. The van der Waals surface area contributed by atoms with Crippen LogP contribution >= 0.6 is 0 Å². The summed E-state index contributed by atoms with van der Waals surface area (Å²) in [4.78, 5) is 2.70. The first kappa shape index (κ1) is 12.4. The van der Waals surface area contributed by atoms with E-state index in [1.54, 1.807) is 0 Å². The van der Waals surface area contributed by atoms with Crippen LogP contribution in [0, 0.1) is 11.8 Å². The van der Waals surface area contributed by atoms with E-state index in [9.17, 15) is 0 Å². The Bertz CT molecular complexity index is 213. The molecule has 2 aliphatic rings. The van der Waals surface area contributed by atoms with Crippen molar-refractivity contribution >= 4 is 0 Å². The summed E-state index contributed by atoms with van der Waals surface area (Å²) in [5.74, 6) is 1.79. The van der Waals surface area contributed by atoms with Crippen molar-refractivity contribution in [1.29, 1.82) is 0 Å². The van der Waals surface area contributed by atoms with Crippen LogP contribution in [-0.2, 0) is 0 Å². The number of nitrogens with two attached hydrogens (primary N) is 1. The molecule has 0 spiro atoms.